The fourth-order valence-corrected chi connectivity index (χ4v) is 4.37. The third kappa shape index (κ3) is 7.68. The zero-order chi connectivity index (χ0) is 27.6. The number of aryl methyl sites for hydroxylation is 1. The number of tetrazole rings is 1. The number of carbonyl (C=O) groups excluding carboxylic acids is 1. The van der Waals surface area contributed by atoms with Crippen molar-refractivity contribution in [2.75, 3.05) is 6.61 Å². The molecule has 4 aromatic rings. The number of nitrogens with one attached hydrogen (secondary N) is 1. The Morgan fingerprint density at radius 2 is 1.87 bits per heavy atom. The zero-order valence-electron chi connectivity index (χ0n) is 21.5. The number of imidazole rings is 1. The van der Waals surface area contributed by atoms with Gasteiger partial charge >= 0.3 is 5.97 Å². The van der Waals surface area contributed by atoms with Crippen LogP contribution in [0, 0.1) is 0 Å². The van der Waals surface area contributed by atoms with E-state index in [0.29, 0.717) is 23.2 Å². The fourth-order valence-electron chi connectivity index (χ4n) is 4.12. The standard InChI is InChI=1S/C26H30ClN7O5/c1-2-3-9-23-28-25(27)22(17-38-24(35)10-6-15-39-34(36)37)33(23)16-18-11-13-19(14-12-18)20-7-4-5-8-21(20)26-29-31-32-30-26/h4-5,7-8,11-14,36-37H,2-3,6,9-10,15-17H2,1H3,(H,29,30,31,32). The Balaban J connectivity index is 1.49. The minimum Gasteiger partial charge on any atom is -0.459 e. The highest BCUT2D eigenvalue weighted by Gasteiger charge is 2.18. The van der Waals surface area contributed by atoms with Crippen molar-refractivity contribution < 1.29 is 24.8 Å². The quantitative estimate of drug-likeness (QED) is 0.114. The van der Waals surface area contributed by atoms with Crippen molar-refractivity contribution in [3.63, 3.8) is 0 Å². The first-order valence-corrected chi connectivity index (χ1v) is 13.0. The first-order chi connectivity index (χ1) is 19.0. The smallest absolute Gasteiger partial charge is 0.306 e. The number of aromatic nitrogens is 6. The van der Waals surface area contributed by atoms with Crippen LogP contribution in [0.1, 0.15) is 49.7 Å². The molecule has 0 spiro atoms. The molecule has 0 aliphatic carbocycles. The summed E-state index contributed by atoms with van der Waals surface area (Å²) in [5, 5.41) is 31.4. The molecule has 0 aliphatic rings. The summed E-state index contributed by atoms with van der Waals surface area (Å²) in [6.45, 7) is 2.55. The average molecular weight is 556 g/mol. The van der Waals surface area contributed by atoms with Crippen LogP contribution in [0.25, 0.3) is 22.5 Å². The molecule has 0 saturated carbocycles. The highest BCUT2D eigenvalue weighted by atomic mass is 35.5. The number of rotatable bonds is 14. The van der Waals surface area contributed by atoms with Gasteiger partial charge in [-0.1, -0.05) is 73.5 Å². The Kier molecular flexibility index (Phi) is 10.1. The van der Waals surface area contributed by atoms with Crippen LogP contribution >= 0.6 is 11.6 Å². The highest BCUT2D eigenvalue weighted by molar-refractivity contribution is 6.30. The van der Waals surface area contributed by atoms with Crippen molar-refractivity contribution in [2.24, 2.45) is 0 Å². The van der Waals surface area contributed by atoms with Gasteiger partial charge < -0.3 is 9.30 Å². The summed E-state index contributed by atoms with van der Waals surface area (Å²) in [5.74, 6) is 0.905. The van der Waals surface area contributed by atoms with Gasteiger partial charge in [0.1, 0.15) is 12.4 Å². The molecule has 2 heterocycles. The Bertz CT molecular complexity index is 1340. The van der Waals surface area contributed by atoms with Gasteiger partial charge in [0.15, 0.2) is 5.15 Å². The molecule has 0 unspecified atom stereocenters. The molecule has 2 aromatic carbocycles. The van der Waals surface area contributed by atoms with Gasteiger partial charge in [0.25, 0.3) is 0 Å². The second kappa shape index (κ2) is 13.9. The van der Waals surface area contributed by atoms with E-state index in [9.17, 15) is 4.79 Å². The van der Waals surface area contributed by atoms with Gasteiger partial charge in [0.2, 0.25) is 5.82 Å². The van der Waals surface area contributed by atoms with Gasteiger partial charge in [0.05, 0.1) is 17.7 Å². The Morgan fingerprint density at radius 3 is 2.56 bits per heavy atom. The molecule has 0 fully saturated rings. The molecule has 0 bridgehead atoms. The predicted molar refractivity (Wildman–Crippen MR) is 140 cm³/mol. The van der Waals surface area contributed by atoms with E-state index in [-0.39, 0.29) is 31.4 Å². The molecule has 0 amide bonds. The van der Waals surface area contributed by atoms with Gasteiger partial charge in [-0.15, -0.1) is 10.2 Å². The topological polar surface area (TPSA) is 152 Å². The molecule has 39 heavy (non-hydrogen) atoms. The normalized spacial score (nSPS) is 11.3. The van der Waals surface area contributed by atoms with Crippen LogP contribution in [-0.4, -0.2) is 58.6 Å². The van der Waals surface area contributed by atoms with Crippen LogP contribution in [0.15, 0.2) is 48.5 Å². The molecule has 0 radical (unpaired) electrons. The fraction of sp³-hybridized carbons (Fsp3) is 0.346. The maximum Gasteiger partial charge on any atom is 0.306 e. The largest absolute Gasteiger partial charge is 0.459 e. The predicted octanol–water partition coefficient (Wildman–Crippen LogP) is 4.61. The molecule has 4 rings (SSSR count). The van der Waals surface area contributed by atoms with Gasteiger partial charge in [-0.2, -0.15) is 5.21 Å². The molecular formula is C26H30ClN7O5. The van der Waals surface area contributed by atoms with Crippen LogP contribution in [0.3, 0.4) is 0 Å². The number of nitrogens with zero attached hydrogens (tertiary/aromatic N) is 6. The lowest BCUT2D eigenvalue weighted by Gasteiger charge is -2.14. The number of halogens is 1. The monoisotopic (exact) mass is 555 g/mol. The van der Waals surface area contributed by atoms with Crippen molar-refractivity contribution >= 4 is 17.6 Å². The first-order valence-electron chi connectivity index (χ1n) is 12.6. The summed E-state index contributed by atoms with van der Waals surface area (Å²) in [4.78, 5) is 21.2. The summed E-state index contributed by atoms with van der Waals surface area (Å²) in [7, 11) is 0. The van der Waals surface area contributed by atoms with Crippen molar-refractivity contribution in [1.82, 2.24) is 35.6 Å². The summed E-state index contributed by atoms with van der Waals surface area (Å²) >= 11 is 6.49. The number of hydrogen-bond acceptors (Lipinski definition) is 10. The maximum atomic E-state index is 12.2. The minimum atomic E-state index is -0.454. The number of H-pyrrole nitrogens is 1. The molecule has 13 heteroatoms. The molecule has 0 saturated heterocycles. The van der Waals surface area contributed by atoms with Gasteiger partial charge in [-0.25, -0.2) is 4.98 Å². The molecule has 0 aliphatic heterocycles. The Hall–Kier alpha value is -3.68. The van der Waals surface area contributed by atoms with E-state index in [4.69, 9.17) is 26.8 Å². The van der Waals surface area contributed by atoms with E-state index < -0.39 is 5.97 Å². The van der Waals surface area contributed by atoms with Crippen molar-refractivity contribution in [1.29, 1.82) is 0 Å². The van der Waals surface area contributed by atoms with Gasteiger partial charge in [0, 0.05) is 24.9 Å². The number of benzene rings is 2. The second-order valence-electron chi connectivity index (χ2n) is 8.78. The third-order valence-corrected chi connectivity index (χ3v) is 6.38. The summed E-state index contributed by atoms with van der Waals surface area (Å²) < 4.78 is 7.45. The number of aromatic amines is 1. The number of unbranched alkanes of at least 4 members (excludes halogenated alkanes) is 1. The average Bonchev–Trinajstić information content (AvgIpc) is 3.57. The van der Waals surface area contributed by atoms with E-state index in [2.05, 4.69) is 37.4 Å². The highest BCUT2D eigenvalue weighted by Crippen LogP contribution is 2.30. The van der Waals surface area contributed by atoms with Crippen LogP contribution < -0.4 is 0 Å². The van der Waals surface area contributed by atoms with E-state index in [0.717, 1.165) is 47.3 Å². The Morgan fingerprint density at radius 1 is 1.10 bits per heavy atom. The van der Waals surface area contributed by atoms with Gasteiger partial charge in [-0.05, 0) is 34.7 Å². The lowest BCUT2D eigenvalue weighted by atomic mass is 9.98. The number of esters is 1. The summed E-state index contributed by atoms with van der Waals surface area (Å²) in [6, 6.07) is 16.0. The lowest BCUT2D eigenvalue weighted by Crippen LogP contribution is -2.16. The molecular weight excluding hydrogens is 526 g/mol. The Labute approximate surface area is 230 Å². The number of hydrogen-bond donors (Lipinski definition) is 3. The molecule has 2 aromatic heterocycles. The second-order valence-corrected chi connectivity index (χ2v) is 9.14. The molecule has 3 N–H and O–H groups in total. The van der Waals surface area contributed by atoms with Crippen molar-refractivity contribution in [2.45, 2.75) is 52.2 Å². The van der Waals surface area contributed by atoms with Crippen LogP contribution in [0.2, 0.25) is 5.15 Å². The number of ether oxygens (including phenoxy) is 1. The van der Waals surface area contributed by atoms with Crippen LogP contribution in [0.5, 0.6) is 0 Å². The molecule has 206 valence electrons. The third-order valence-electron chi connectivity index (χ3n) is 6.08. The minimum absolute atomic E-state index is 0.0278. The van der Waals surface area contributed by atoms with Crippen molar-refractivity contribution in [3.05, 3.63) is 70.8 Å². The lowest BCUT2D eigenvalue weighted by molar-refractivity contribution is -0.492. The van der Waals surface area contributed by atoms with E-state index >= 15 is 0 Å². The van der Waals surface area contributed by atoms with E-state index in [1.54, 1.807) is 0 Å². The van der Waals surface area contributed by atoms with Crippen LogP contribution in [0.4, 0.5) is 0 Å². The summed E-state index contributed by atoms with van der Waals surface area (Å²) in [6.07, 6.45) is 3.01. The van der Waals surface area contributed by atoms with E-state index in [1.165, 1.54) is 0 Å². The summed E-state index contributed by atoms with van der Waals surface area (Å²) in [5.41, 5.74) is 4.53. The SMILES string of the molecule is CCCCc1nc(Cl)c(COC(=O)CCCON(O)O)n1Cc1ccc(-c2ccccc2-c2nn[nH]n2)cc1. The first kappa shape index (κ1) is 28.3. The van der Waals surface area contributed by atoms with E-state index in [1.807, 2.05) is 53.1 Å². The van der Waals surface area contributed by atoms with Gasteiger partial charge in [-0.3, -0.25) is 20.0 Å². The van der Waals surface area contributed by atoms with Crippen molar-refractivity contribution in [3.8, 4) is 22.5 Å². The van der Waals surface area contributed by atoms with Crippen LogP contribution in [-0.2, 0) is 33.9 Å². The molecule has 0 atom stereocenters. The maximum absolute atomic E-state index is 12.2. The number of carbonyl (C=O) groups is 1. The molecule has 12 nitrogen and oxygen atoms in total. The zero-order valence-corrected chi connectivity index (χ0v) is 22.2.